The third-order valence-corrected chi connectivity index (χ3v) is 4.71. The standard InChI is InChI=1S/C22H26N2O4/c1-17(19-5-3-2-4-6-19)23-21(25)16-28-22(26)20-9-7-18(8-10-20)15-24-11-13-27-14-12-24/h2-10,17H,11-16H2,1H3,(H,23,25)/t17-/m1/s1. The molecule has 0 radical (unpaired) electrons. The summed E-state index contributed by atoms with van der Waals surface area (Å²) in [6.07, 6.45) is 0. The fraction of sp³-hybridized carbons (Fsp3) is 0.364. The molecule has 0 aliphatic carbocycles. The highest BCUT2D eigenvalue weighted by molar-refractivity contribution is 5.91. The smallest absolute Gasteiger partial charge is 0.338 e. The Morgan fingerprint density at radius 1 is 1.07 bits per heavy atom. The number of morpholine rings is 1. The van der Waals surface area contributed by atoms with E-state index in [0.717, 1.165) is 44.0 Å². The van der Waals surface area contributed by atoms with Gasteiger partial charge in [-0.3, -0.25) is 9.69 Å². The van der Waals surface area contributed by atoms with Crippen molar-refractivity contribution in [3.05, 3.63) is 71.3 Å². The molecule has 148 valence electrons. The molecule has 2 aromatic carbocycles. The van der Waals surface area contributed by atoms with E-state index in [1.807, 2.05) is 49.4 Å². The SMILES string of the molecule is C[C@@H](NC(=O)COC(=O)c1ccc(CN2CCOCC2)cc1)c1ccccc1. The average molecular weight is 382 g/mol. The molecule has 0 bridgehead atoms. The van der Waals surface area contributed by atoms with Crippen LogP contribution in [0.5, 0.6) is 0 Å². The topological polar surface area (TPSA) is 67.9 Å². The van der Waals surface area contributed by atoms with Gasteiger partial charge in [-0.15, -0.1) is 0 Å². The molecule has 6 heteroatoms. The summed E-state index contributed by atoms with van der Waals surface area (Å²) in [6.45, 7) is 5.78. The number of rotatable bonds is 7. The van der Waals surface area contributed by atoms with Crippen LogP contribution in [-0.2, 0) is 20.8 Å². The number of nitrogens with one attached hydrogen (secondary N) is 1. The van der Waals surface area contributed by atoms with Gasteiger partial charge in [0.25, 0.3) is 5.91 Å². The summed E-state index contributed by atoms with van der Waals surface area (Å²) in [5.74, 6) is -0.825. The molecule has 28 heavy (non-hydrogen) atoms. The van der Waals surface area contributed by atoms with E-state index in [-0.39, 0.29) is 18.6 Å². The third kappa shape index (κ3) is 5.90. The average Bonchev–Trinajstić information content (AvgIpc) is 2.74. The van der Waals surface area contributed by atoms with E-state index in [2.05, 4.69) is 10.2 Å². The van der Waals surface area contributed by atoms with Crippen LogP contribution in [0.25, 0.3) is 0 Å². The van der Waals surface area contributed by atoms with Gasteiger partial charge in [-0.1, -0.05) is 42.5 Å². The number of nitrogens with zero attached hydrogens (tertiary/aromatic N) is 1. The fourth-order valence-corrected chi connectivity index (χ4v) is 3.09. The minimum absolute atomic E-state index is 0.146. The molecule has 0 spiro atoms. The van der Waals surface area contributed by atoms with E-state index in [1.165, 1.54) is 0 Å². The van der Waals surface area contributed by atoms with Gasteiger partial charge in [0.15, 0.2) is 6.61 Å². The van der Waals surface area contributed by atoms with Crippen LogP contribution in [0.15, 0.2) is 54.6 Å². The lowest BCUT2D eigenvalue weighted by atomic mass is 10.1. The highest BCUT2D eigenvalue weighted by Gasteiger charge is 2.14. The molecule has 1 aliphatic heterocycles. The van der Waals surface area contributed by atoms with Crippen LogP contribution in [0.3, 0.4) is 0 Å². The predicted octanol–water partition coefficient (Wildman–Crippen LogP) is 2.55. The van der Waals surface area contributed by atoms with E-state index in [0.29, 0.717) is 5.56 Å². The quantitative estimate of drug-likeness (QED) is 0.746. The summed E-state index contributed by atoms with van der Waals surface area (Å²) < 4.78 is 10.5. The van der Waals surface area contributed by atoms with Crippen molar-refractivity contribution in [1.29, 1.82) is 0 Å². The number of carbonyl (C=O) groups excluding carboxylic acids is 2. The van der Waals surface area contributed by atoms with E-state index in [9.17, 15) is 9.59 Å². The van der Waals surface area contributed by atoms with Crippen molar-refractivity contribution in [2.75, 3.05) is 32.9 Å². The van der Waals surface area contributed by atoms with Gasteiger partial charge < -0.3 is 14.8 Å². The predicted molar refractivity (Wildman–Crippen MR) is 106 cm³/mol. The van der Waals surface area contributed by atoms with Crippen LogP contribution in [-0.4, -0.2) is 49.7 Å². The summed E-state index contributed by atoms with van der Waals surface area (Å²) in [5, 5.41) is 2.83. The summed E-state index contributed by atoms with van der Waals surface area (Å²) >= 11 is 0. The molecule has 1 heterocycles. The van der Waals surface area contributed by atoms with E-state index >= 15 is 0 Å². The second-order valence-electron chi connectivity index (χ2n) is 6.86. The number of hydrogen-bond donors (Lipinski definition) is 1. The molecule has 0 saturated carbocycles. The number of carbonyl (C=O) groups is 2. The number of esters is 1. The zero-order valence-corrected chi connectivity index (χ0v) is 16.1. The Morgan fingerprint density at radius 3 is 2.43 bits per heavy atom. The van der Waals surface area contributed by atoms with Crippen molar-refractivity contribution in [3.63, 3.8) is 0 Å². The number of ether oxygens (including phenoxy) is 2. The van der Waals surface area contributed by atoms with Gasteiger partial charge in [0.2, 0.25) is 0 Å². The van der Waals surface area contributed by atoms with E-state index in [4.69, 9.17) is 9.47 Å². The molecular formula is C22H26N2O4. The van der Waals surface area contributed by atoms with Crippen LogP contribution < -0.4 is 5.32 Å². The molecule has 1 N–H and O–H groups in total. The van der Waals surface area contributed by atoms with Gasteiger partial charge >= 0.3 is 5.97 Å². The van der Waals surface area contributed by atoms with Crippen LogP contribution in [0.2, 0.25) is 0 Å². The maximum absolute atomic E-state index is 12.2. The molecule has 2 aromatic rings. The number of benzene rings is 2. The molecule has 0 unspecified atom stereocenters. The number of amides is 1. The molecule has 1 aliphatic rings. The van der Waals surface area contributed by atoms with Crippen LogP contribution in [0, 0.1) is 0 Å². The lowest BCUT2D eigenvalue weighted by molar-refractivity contribution is -0.124. The van der Waals surface area contributed by atoms with Crippen molar-refractivity contribution in [3.8, 4) is 0 Å². The Morgan fingerprint density at radius 2 is 1.75 bits per heavy atom. The van der Waals surface area contributed by atoms with Gasteiger partial charge in [0.05, 0.1) is 24.8 Å². The van der Waals surface area contributed by atoms with Crippen molar-refractivity contribution < 1.29 is 19.1 Å². The van der Waals surface area contributed by atoms with E-state index < -0.39 is 5.97 Å². The van der Waals surface area contributed by atoms with Gasteiger partial charge in [-0.25, -0.2) is 4.79 Å². The van der Waals surface area contributed by atoms with Crippen molar-refractivity contribution >= 4 is 11.9 Å². The second kappa shape index (κ2) is 10.0. The summed E-state index contributed by atoms with van der Waals surface area (Å²) in [5.41, 5.74) is 2.57. The molecule has 6 nitrogen and oxygen atoms in total. The van der Waals surface area contributed by atoms with Crippen molar-refractivity contribution in [2.24, 2.45) is 0 Å². The minimum Gasteiger partial charge on any atom is -0.452 e. The molecule has 0 aromatic heterocycles. The Balaban J connectivity index is 1.44. The Labute approximate surface area is 165 Å². The number of hydrogen-bond acceptors (Lipinski definition) is 5. The molecule has 1 atom stereocenters. The van der Waals surface area contributed by atoms with Crippen molar-refractivity contribution in [2.45, 2.75) is 19.5 Å². The maximum Gasteiger partial charge on any atom is 0.338 e. The minimum atomic E-state index is -0.500. The Kier molecular flexibility index (Phi) is 7.17. The lowest BCUT2D eigenvalue weighted by Crippen LogP contribution is -2.35. The van der Waals surface area contributed by atoms with Gasteiger partial charge in [-0.05, 0) is 30.2 Å². The third-order valence-electron chi connectivity index (χ3n) is 4.71. The fourth-order valence-electron chi connectivity index (χ4n) is 3.09. The van der Waals surface area contributed by atoms with Gasteiger partial charge in [0, 0.05) is 19.6 Å². The highest BCUT2D eigenvalue weighted by Crippen LogP contribution is 2.12. The van der Waals surface area contributed by atoms with Crippen molar-refractivity contribution in [1.82, 2.24) is 10.2 Å². The zero-order valence-electron chi connectivity index (χ0n) is 16.1. The molecule has 3 rings (SSSR count). The second-order valence-corrected chi connectivity index (χ2v) is 6.86. The normalized spacial score (nSPS) is 15.6. The summed E-state index contributed by atoms with van der Waals surface area (Å²) in [6, 6.07) is 16.8. The van der Waals surface area contributed by atoms with Crippen LogP contribution in [0.4, 0.5) is 0 Å². The molecular weight excluding hydrogens is 356 g/mol. The first-order chi connectivity index (χ1) is 13.6. The van der Waals surface area contributed by atoms with Crippen LogP contribution in [0.1, 0.15) is 34.5 Å². The van der Waals surface area contributed by atoms with Gasteiger partial charge in [0.1, 0.15) is 0 Å². The molecule has 1 saturated heterocycles. The first kappa shape index (κ1) is 20.0. The summed E-state index contributed by atoms with van der Waals surface area (Å²) in [7, 11) is 0. The van der Waals surface area contributed by atoms with E-state index in [1.54, 1.807) is 12.1 Å². The van der Waals surface area contributed by atoms with Gasteiger partial charge in [-0.2, -0.15) is 0 Å². The molecule has 1 amide bonds. The maximum atomic E-state index is 12.2. The van der Waals surface area contributed by atoms with Crippen LogP contribution >= 0.6 is 0 Å². The first-order valence-electron chi connectivity index (χ1n) is 9.52. The molecule has 1 fully saturated rings. The lowest BCUT2D eigenvalue weighted by Gasteiger charge is -2.26. The zero-order chi connectivity index (χ0) is 19.8. The largest absolute Gasteiger partial charge is 0.452 e. The first-order valence-corrected chi connectivity index (χ1v) is 9.52. The summed E-state index contributed by atoms with van der Waals surface area (Å²) in [4.78, 5) is 26.5. The Bertz CT molecular complexity index is 771. The highest BCUT2D eigenvalue weighted by atomic mass is 16.5. The monoisotopic (exact) mass is 382 g/mol. The Hall–Kier alpha value is -2.70.